The van der Waals surface area contributed by atoms with Gasteiger partial charge in [0, 0.05) is 24.0 Å². The summed E-state index contributed by atoms with van der Waals surface area (Å²) in [4.78, 5) is 12.3. The summed E-state index contributed by atoms with van der Waals surface area (Å²) in [6, 6.07) is 6.23. The molecule has 1 aromatic rings. The van der Waals surface area contributed by atoms with E-state index in [0.29, 0.717) is 30.1 Å². The van der Waals surface area contributed by atoms with Gasteiger partial charge in [-0.15, -0.1) is 0 Å². The zero-order valence-electron chi connectivity index (χ0n) is 17.2. The van der Waals surface area contributed by atoms with Gasteiger partial charge in [0.25, 0.3) is 0 Å². The molecule has 1 aromatic carbocycles. The van der Waals surface area contributed by atoms with Crippen LogP contribution in [0.4, 0.5) is 0 Å². The molecule has 6 heteroatoms. The summed E-state index contributed by atoms with van der Waals surface area (Å²) in [7, 11) is 5.57. The van der Waals surface area contributed by atoms with Crippen molar-refractivity contribution in [3.63, 3.8) is 0 Å². The van der Waals surface area contributed by atoms with Gasteiger partial charge in [-0.05, 0) is 37.8 Å². The number of rotatable bonds is 6. The molecular weight excluding hydrogens is 469 g/mol. The molecule has 0 aromatic heterocycles. The van der Waals surface area contributed by atoms with E-state index in [1.807, 2.05) is 18.2 Å². The third kappa shape index (κ3) is 5.20. The number of piperidine rings is 2. The number of hydrogen-bond acceptors (Lipinski definition) is 4. The van der Waals surface area contributed by atoms with E-state index < -0.39 is 0 Å². The lowest BCUT2D eigenvalue weighted by Gasteiger charge is -2.51. The van der Waals surface area contributed by atoms with E-state index in [1.54, 1.807) is 20.3 Å². The third-order valence-electron chi connectivity index (χ3n) is 6.28. The summed E-state index contributed by atoms with van der Waals surface area (Å²) in [5.41, 5.74) is 0.794. The van der Waals surface area contributed by atoms with Crippen molar-refractivity contribution >= 4 is 12.0 Å². The minimum Gasteiger partial charge on any atom is -1.00 e. The van der Waals surface area contributed by atoms with E-state index in [9.17, 15) is 4.79 Å². The number of methoxy groups -OCH3 is 2. The molecule has 0 aliphatic carbocycles. The lowest BCUT2D eigenvalue weighted by atomic mass is 9.82. The van der Waals surface area contributed by atoms with Crippen molar-refractivity contribution in [2.75, 3.05) is 41.0 Å². The molecule has 0 bridgehead atoms. The Kier molecular flexibility index (Phi) is 8.61. The molecule has 5 nitrogen and oxygen atoms in total. The highest BCUT2D eigenvalue weighted by Crippen LogP contribution is 2.36. The lowest BCUT2D eigenvalue weighted by Crippen LogP contribution is -3.00. The second kappa shape index (κ2) is 10.5. The van der Waals surface area contributed by atoms with Crippen molar-refractivity contribution in [3.8, 4) is 11.5 Å². The second-order valence-corrected chi connectivity index (χ2v) is 7.94. The average molecular weight is 501 g/mol. The van der Waals surface area contributed by atoms with Crippen molar-refractivity contribution in [2.45, 2.75) is 38.1 Å². The first-order chi connectivity index (χ1) is 13.1. The van der Waals surface area contributed by atoms with E-state index in [4.69, 9.17) is 14.2 Å². The Balaban J connectivity index is 0.00000280. The Morgan fingerprint density at radius 2 is 1.93 bits per heavy atom. The standard InChI is InChI=1S/C22H32NO4.HI/c1-23-14-5-4-10-19(23)18(9-7-15-23)16-27-21(24)13-12-17-8-6-11-20(25-2)22(17)26-3;/h6,8,11-13,18-19H,4-5,7,9-10,14-16H2,1-3H3;1H/q+1;/p-1/t18-,19+,23?;/m0./s1. The maximum absolute atomic E-state index is 12.3. The van der Waals surface area contributed by atoms with E-state index >= 15 is 0 Å². The van der Waals surface area contributed by atoms with Gasteiger partial charge in [0.2, 0.25) is 0 Å². The molecule has 3 atom stereocenters. The molecule has 0 radical (unpaired) electrons. The molecule has 156 valence electrons. The Bertz CT molecular complexity index is 689. The van der Waals surface area contributed by atoms with Crippen LogP contribution in [0.25, 0.3) is 6.08 Å². The highest BCUT2D eigenvalue weighted by Gasteiger charge is 2.43. The molecule has 2 saturated heterocycles. The molecule has 0 saturated carbocycles. The van der Waals surface area contributed by atoms with Gasteiger partial charge in [0.15, 0.2) is 11.5 Å². The van der Waals surface area contributed by atoms with E-state index in [1.165, 1.54) is 55.8 Å². The Morgan fingerprint density at radius 3 is 2.68 bits per heavy atom. The number of quaternary nitrogens is 1. The van der Waals surface area contributed by atoms with E-state index in [0.717, 1.165) is 5.56 Å². The Morgan fingerprint density at radius 1 is 1.14 bits per heavy atom. The van der Waals surface area contributed by atoms with Crippen LogP contribution in [0.15, 0.2) is 24.3 Å². The van der Waals surface area contributed by atoms with E-state index in [-0.39, 0.29) is 29.9 Å². The SMILES string of the molecule is COc1cccc(C=CC(=O)OC[C@@H]2CCC[N+]3(C)CCCC[C@H]23)c1OC.[I-]. The molecule has 3 rings (SSSR count). The summed E-state index contributed by atoms with van der Waals surface area (Å²) >= 11 is 0. The van der Waals surface area contributed by atoms with Gasteiger partial charge in [0.05, 0.1) is 40.4 Å². The maximum atomic E-state index is 12.3. The second-order valence-electron chi connectivity index (χ2n) is 7.94. The molecule has 28 heavy (non-hydrogen) atoms. The zero-order valence-corrected chi connectivity index (χ0v) is 19.3. The van der Waals surface area contributed by atoms with Gasteiger partial charge in [-0.1, -0.05) is 12.1 Å². The summed E-state index contributed by atoms with van der Waals surface area (Å²) in [5.74, 6) is 1.44. The topological polar surface area (TPSA) is 44.8 Å². The predicted molar refractivity (Wildman–Crippen MR) is 106 cm³/mol. The summed E-state index contributed by atoms with van der Waals surface area (Å²) in [6.07, 6.45) is 9.49. The summed E-state index contributed by atoms with van der Waals surface area (Å²) < 4.78 is 17.5. The first kappa shape index (κ1) is 23.0. The molecule has 2 aliphatic heterocycles. The number of carbonyl (C=O) groups excluding carboxylic acids is 1. The van der Waals surface area contributed by atoms with Gasteiger partial charge in [-0.25, -0.2) is 4.79 Å². The number of nitrogens with zero attached hydrogens (tertiary/aromatic N) is 1. The van der Waals surface area contributed by atoms with Gasteiger partial charge >= 0.3 is 5.97 Å². The molecule has 0 N–H and O–H groups in total. The predicted octanol–water partition coefficient (Wildman–Crippen LogP) is 0.673. The summed E-state index contributed by atoms with van der Waals surface area (Å²) in [5, 5.41) is 0. The third-order valence-corrected chi connectivity index (χ3v) is 6.28. The molecule has 2 aliphatic rings. The van der Waals surface area contributed by atoms with E-state index in [2.05, 4.69) is 7.05 Å². The van der Waals surface area contributed by atoms with Crippen LogP contribution in [0.5, 0.6) is 11.5 Å². The number of esters is 1. The van der Waals surface area contributed by atoms with Gasteiger partial charge in [-0.2, -0.15) is 0 Å². The van der Waals surface area contributed by atoms with Crippen LogP contribution < -0.4 is 33.5 Å². The van der Waals surface area contributed by atoms with Gasteiger partial charge < -0.3 is 42.7 Å². The highest BCUT2D eigenvalue weighted by molar-refractivity contribution is 5.87. The minimum absolute atomic E-state index is 0. The van der Waals surface area contributed by atoms with Crippen LogP contribution in [-0.4, -0.2) is 57.5 Å². The number of benzene rings is 1. The van der Waals surface area contributed by atoms with Crippen LogP contribution in [0.1, 0.15) is 37.7 Å². The molecule has 0 spiro atoms. The Hall–Kier alpha value is -1.28. The fourth-order valence-electron chi connectivity index (χ4n) is 4.87. The number of hydrogen-bond donors (Lipinski definition) is 0. The van der Waals surface area contributed by atoms with Crippen LogP contribution >= 0.6 is 0 Å². The monoisotopic (exact) mass is 501 g/mol. The fraction of sp³-hybridized carbons (Fsp3) is 0.591. The first-order valence-corrected chi connectivity index (χ1v) is 9.97. The van der Waals surface area contributed by atoms with Crippen molar-refractivity contribution in [1.82, 2.24) is 0 Å². The number of halogens is 1. The van der Waals surface area contributed by atoms with Crippen molar-refractivity contribution in [1.29, 1.82) is 0 Å². The fourth-order valence-corrected chi connectivity index (χ4v) is 4.87. The lowest BCUT2D eigenvalue weighted by molar-refractivity contribution is -0.947. The number of ether oxygens (including phenoxy) is 3. The largest absolute Gasteiger partial charge is 1.00 e. The molecule has 2 heterocycles. The molecule has 0 amide bonds. The van der Waals surface area contributed by atoms with Crippen LogP contribution in [0, 0.1) is 5.92 Å². The van der Waals surface area contributed by atoms with Crippen molar-refractivity contribution in [3.05, 3.63) is 29.8 Å². The highest BCUT2D eigenvalue weighted by atomic mass is 127. The van der Waals surface area contributed by atoms with Crippen molar-refractivity contribution in [2.24, 2.45) is 5.92 Å². The van der Waals surface area contributed by atoms with Gasteiger partial charge in [0.1, 0.15) is 6.61 Å². The maximum Gasteiger partial charge on any atom is 0.330 e. The first-order valence-electron chi connectivity index (χ1n) is 9.97. The minimum atomic E-state index is -0.296. The smallest absolute Gasteiger partial charge is 0.330 e. The molecule has 1 unspecified atom stereocenters. The number of carbonyl (C=O) groups is 1. The van der Waals surface area contributed by atoms with Crippen molar-refractivity contribution < 1.29 is 47.5 Å². The number of para-hydroxylation sites is 1. The van der Waals surface area contributed by atoms with Gasteiger partial charge in [-0.3, -0.25) is 0 Å². The van der Waals surface area contributed by atoms with Crippen LogP contribution in [0.2, 0.25) is 0 Å². The molecular formula is C22H32INO4. The van der Waals surface area contributed by atoms with Crippen LogP contribution in [-0.2, 0) is 9.53 Å². The molecule has 2 fully saturated rings. The zero-order chi connectivity index (χ0) is 19.3. The number of fused-ring (bicyclic) bond motifs is 1. The average Bonchev–Trinajstić information content (AvgIpc) is 2.69. The van der Waals surface area contributed by atoms with Crippen LogP contribution in [0.3, 0.4) is 0 Å². The quantitative estimate of drug-likeness (QED) is 0.249. The Labute approximate surface area is 185 Å². The summed E-state index contributed by atoms with van der Waals surface area (Å²) in [6.45, 7) is 3.06. The normalized spacial score (nSPS) is 26.8.